The third-order valence-electron chi connectivity index (χ3n) is 3.35. The molecule has 1 fully saturated rings. The highest BCUT2D eigenvalue weighted by Crippen LogP contribution is 2.29. The Morgan fingerprint density at radius 2 is 2.16 bits per heavy atom. The molecule has 0 bridgehead atoms. The molecule has 0 amide bonds. The van der Waals surface area contributed by atoms with Crippen molar-refractivity contribution in [3.05, 3.63) is 16.1 Å². The van der Waals surface area contributed by atoms with E-state index in [9.17, 15) is 0 Å². The van der Waals surface area contributed by atoms with Gasteiger partial charge in [-0.05, 0) is 38.4 Å². The zero-order valence-electron chi connectivity index (χ0n) is 10.9. The first-order chi connectivity index (χ1) is 9.10. The lowest BCUT2D eigenvalue weighted by Crippen LogP contribution is -2.35. The number of aromatic nitrogens is 1. The van der Waals surface area contributed by atoms with Gasteiger partial charge < -0.3 is 15.6 Å². The van der Waals surface area contributed by atoms with E-state index in [0.29, 0.717) is 27.6 Å². The Labute approximate surface area is 123 Å². The first kappa shape index (κ1) is 14.7. The number of likely N-dealkylation sites (tertiary alicyclic amines) is 1. The first-order valence-electron chi connectivity index (χ1n) is 6.35. The average Bonchev–Trinajstić information content (AvgIpc) is 2.38. The monoisotopic (exact) mass is 303 g/mol. The van der Waals surface area contributed by atoms with Crippen molar-refractivity contribution in [3.63, 3.8) is 0 Å². The van der Waals surface area contributed by atoms with Gasteiger partial charge in [0.1, 0.15) is 5.82 Å². The highest BCUT2D eigenvalue weighted by atomic mass is 35.5. The van der Waals surface area contributed by atoms with E-state index in [1.165, 1.54) is 19.4 Å². The Bertz CT molecular complexity index is 440. The van der Waals surface area contributed by atoms with Crippen molar-refractivity contribution in [2.75, 3.05) is 37.4 Å². The topological polar surface area (TPSA) is 66.2 Å². The van der Waals surface area contributed by atoms with Gasteiger partial charge in [-0.1, -0.05) is 23.2 Å². The van der Waals surface area contributed by atoms with Gasteiger partial charge in [0, 0.05) is 13.1 Å². The number of pyridine rings is 1. The summed E-state index contributed by atoms with van der Waals surface area (Å²) in [6, 6.07) is 1.64. The smallest absolute Gasteiger partial charge is 0.161 e. The minimum absolute atomic E-state index is 0.412. The maximum atomic E-state index is 6.12. The standard InChI is InChI=1S/C12H19Cl2N5/c1-19-4-2-3-8(7-19)6-16-11-9(13)5-10(14)12(17-11)18-15/h5,8H,2-4,6-7,15H2,1H3,(H2,16,17,18). The highest BCUT2D eigenvalue weighted by Gasteiger charge is 2.17. The van der Waals surface area contributed by atoms with Crippen LogP contribution in [0.4, 0.5) is 11.6 Å². The van der Waals surface area contributed by atoms with E-state index in [4.69, 9.17) is 29.0 Å². The number of nitrogens with two attached hydrogens (primary N) is 1. The predicted octanol–water partition coefficient (Wildman–Crippen LogP) is 2.43. The van der Waals surface area contributed by atoms with E-state index in [-0.39, 0.29) is 0 Å². The third kappa shape index (κ3) is 3.86. The molecule has 1 aliphatic rings. The maximum absolute atomic E-state index is 6.12. The molecule has 2 heterocycles. The largest absolute Gasteiger partial charge is 0.368 e. The number of nitrogens with one attached hydrogen (secondary N) is 2. The van der Waals surface area contributed by atoms with Gasteiger partial charge in [0.2, 0.25) is 0 Å². The second kappa shape index (κ2) is 6.61. The lowest BCUT2D eigenvalue weighted by atomic mass is 9.98. The number of nitrogen functional groups attached to an aromatic ring is 1. The highest BCUT2D eigenvalue weighted by molar-refractivity contribution is 6.37. The third-order valence-corrected chi connectivity index (χ3v) is 3.92. The molecule has 1 unspecified atom stereocenters. The summed E-state index contributed by atoms with van der Waals surface area (Å²) in [7, 11) is 2.15. The second-order valence-electron chi connectivity index (χ2n) is 4.94. The van der Waals surface area contributed by atoms with Gasteiger partial charge >= 0.3 is 0 Å². The lowest BCUT2D eigenvalue weighted by Gasteiger charge is -2.29. The van der Waals surface area contributed by atoms with Crippen LogP contribution in [0, 0.1) is 5.92 Å². The molecule has 1 atom stereocenters. The number of halogens is 2. The van der Waals surface area contributed by atoms with Crippen molar-refractivity contribution in [1.29, 1.82) is 0 Å². The summed E-state index contributed by atoms with van der Waals surface area (Å²) in [5, 5.41) is 4.20. The molecule has 0 saturated carbocycles. The molecule has 0 aliphatic carbocycles. The molecule has 0 spiro atoms. The molecule has 5 nitrogen and oxygen atoms in total. The Morgan fingerprint density at radius 1 is 1.42 bits per heavy atom. The van der Waals surface area contributed by atoms with Gasteiger partial charge in [-0.15, -0.1) is 0 Å². The van der Waals surface area contributed by atoms with Gasteiger partial charge in [0.05, 0.1) is 10.0 Å². The van der Waals surface area contributed by atoms with Crippen LogP contribution in [0.15, 0.2) is 6.07 Å². The SMILES string of the molecule is CN1CCCC(CNc2nc(NN)c(Cl)cc2Cl)C1. The molecule has 106 valence electrons. The summed E-state index contributed by atoms with van der Waals surface area (Å²) >= 11 is 12.1. The second-order valence-corrected chi connectivity index (χ2v) is 5.76. The van der Waals surface area contributed by atoms with Crippen LogP contribution >= 0.6 is 23.2 Å². The van der Waals surface area contributed by atoms with Gasteiger partial charge in [-0.2, -0.15) is 0 Å². The van der Waals surface area contributed by atoms with Gasteiger partial charge in [-0.25, -0.2) is 10.8 Å². The van der Waals surface area contributed by atoms with E-state index in [0.717, 1.165) is 13.1 Å². The van der Waals surface area contributed by atoms with Crippen molar-refractivity contribution in [3.8, 4) is 0 Å². The van der Waals surface area contributed by atoms with Gasteiger partial charge in [-0.3, -0.25) is 0 Å². The van der Waals surface area contributed by atoms with Gasteiger partial charge in [0.15, 0.2) is 5.82 Å². The van der Waals surface area contributed by atoms with E-state index < -0.39 is 0 Å². The van der Waals surface area contributed by atoms with Crippen molar-refractivity contribution in [2.24, 2.45) is 11.8 Å². The Morgan fingerprint density at radius 3 is 2.84 bits per heavy atom. The van der Waals surface area contributed by atoms with Crippen molar-refractivity contribution < 1.29 is 0 Å². The summed E-state index contributed by atoms with van der Waals surface area (Å²) in [6.07, 6.45) is 2.46. The van der Waals surface area contributed by atoms with Crippen molar-refractivity contribution >= 4 is 34.8 Å². The average molecular weight is 304 g/mol. The minimum atomic E-state index is 0.412. The number of hydrogen-bond donors (Lipinski definition) is 3. The molecule has 4 N–H and O–H groups in total. The number of hydrogen-bond acceptors (Lipinski definition) is 5. The minimum Gasteiger partial charge on any atom is -0.368 e. The fourth-order valence-electron chi connectivity index (χ4n) is 2.37. The van der Waals surface area contributed by atoms with Crippen LogP contribution in [-0.4, -0.2) is 36.6 Å². The van der Waals surface area contributed by atoms with E-state index in [1.807, 2.05) is 0 Å². The van der Waals surface area contributed by atoms with Crippen LogP contribution in [0.2, 0.25) is 10.0 Å². The normalized spacial score (nSPS) is 20.3. The number of anilines is 2. The summed E-state index contributed by atoms with van der Waals surface area (Å²) in [4.78, 5) is 6.62. The number of hydrazine groups is 1. The summed E-state index contributed by atoms with van der Waals surface area (Å²) in [5.74, 6) is 7.01. The molecule has 2 rings (SSSR count). The van der Waals surface area contributed by atoms with Crippen LogP contribution in [0.3, 0.4) is 0 Å². The quantitative estimate of drug-likeness (QED) is 0.589. The molecule has 1 aromatic rings. The Balaban J connectivity index is 1.99. The van der Waals surface area contributed by atoms with Crippen LogP contribution in [0.25, 0.3) is 0 Å². The summed E-state index contributed by atoms with van der Waals surface area (Å²) < 4.78 is 0. The predicted molar refractivity (Wildman–Crippen MR) is 80.8 cm³/mol. The first-order valence-corrected chi connectivity index (χ1v) is 7.11. The number of piperidine rings is 1. The molecule has 0 radical (unpaired) electrons. The molecule has 19 heavy (non-hydrogen) atoms. The molecular formula is C12H19Cl2N5. The fourth-order valence-corrected chi connectivity index (χ4v) is 2.85. The Kier molecular flexibility index (Phi) is 5.10. The van der Waals surface area contributed by atoms with Crippen molar-refractivity contribution in [2.45, 2.75) is 12.8 Å². The van der Waals surface area contributed by atoms with Crippen LogP contribution in [0.5, 0.6) is 0 Å². The molecule has 1 aromatic heterocycles. The molecule has 0 aromatic carbocycles. The number of rotatable bonds is 4. The van der Waals surface area contributed by atoms with E-state index in [1.54, 1.807) is 6.07 Å². The molecular weight excluding hydrogens is 285 g/mol. The molecule has 7 heteroatoms. The van der Waals surface area contributed by atoms with E-state index >= 15 is 0 Å². The summed E-state index contributed by atoms with van der Waals surface area (Å²) in [5.41, 5.74) is 2.46. The molecule has 1 aliphatic heterocycles. The van der Waals surface area contributed by atoms with E-state index in [2.05, 4.69) is 27.7 Å². The lowest BCUT2D eigenvalue weighted by molar-refractivity contribution is 0.217. The van der Waals surface area contributed by atoms with Crippen molar-refractivity contribution in [1.82, 2.24) is 9.88 Å². The van der Waals surface area contributed by atoms with Crippen LogP contribution in [0.1, 0.15) is 12.8 Å². The molecule has 1 saturated heterocycles. The zero-order valence-corrected chi connectivity index (χ0v) is 12.4. The Hall–Kier alpha value is -0.750. The number of nitrogens with zero attached hydrogens (tertiary/aromatic N) is 2. The maximum Gasteiger partial charge on any atom is 0.161 e. The van der Waals surface area contributed by atoms with Crippen LogP contribution < -0.4 is 16.6 Å². The zero-order chi connectivity index (χ0) is 13.8. The van der Waals surface area contributed by atoms with Gasteiger partial charge in [0.25, 0.3) is 0 Å². The van der Waals surface area contributed by atoms with Crippen LogP contribution in [-0.2, 0) is 0 Å². The fraction of sp³-hybridized carbons (Fsp3) is 0.583. The summed E-state index contributed by atoms with van der Waals surface area (Å²) in [6.45, 7) is 3.13.